The molecular formula is C15H20ClN. The molecule has 0 N–H and O–H groups in total. The first-order chi connectivity index (χ1) is 7.84. The van der Waals surface area contributed by atoms with Crippen molar-refractivity contribution in [2.24, 2.45) is 5.92 Å². The lowest BCUT2D eigenvalue weighted by atomic mass is 9.85. The van der Waals surface area contributed by atoms with Crippen LogP contribution in [0.15, 0.2) is 36.4 Å². The Labute approximate surface area is 110 Å². The molecule has 3 rings (SSSR count). The van der Waals surface area contributed by atoms with Crippen molar-refractivity contribution in [3.63, 3.8) is 0 Å². The standard InChI is InChI=1S/C15H19N.ClH/c1-12-5-2-3-7-14(12)15-9-8-13-6-4-10-16(15)11-13;/h2-7,13,15H,8-11H2,1H3;1H. The van der Waals surface area contributed by atoms with Crippen LogP contribution in [0.5, 0.6) is 0 Å². The molecule has 3 atom stereocenters. The Kier molecular flexibility index (Phi) is 3.90. The highest BCUT2D eigenvalue weighted by molar-refractivity contribution is 5.85. The molecule has 1 saturated heterocycles. The third-order valence-corrected chi connectivity index (χ3v) is 4.02. The zero-order valence-corrected chi connectivity index (χ0v) is 11.1. The fourth-order valence-electron chi connectivity index (χ4n) is 3.13. The lowest BCUT2D eigenvalue weighted by molar-refractivity contribution is 0.128. The number of nitrogens with zero attached hydrogens (tertiary/aromatic N) is 1. The van der Waals surface area contributed by atoms with Gasteiger partial charge in [-0.1, -0.05) is 36.4 Å². The topological polar surface area (TPSA) is 3.24 Å². The average molecular weight is 250 g/mol. The van der Waals surface area contributed by atoms with E-state index in [1.165, 1.54) is 30.5 Å². The van der Waals surface area contributed by atoms with Gasteiger partial charge in [-0.05, 0) is 36.8 Å². The maximum atomic E-state index is 2.64. The van der Waals surface area contributed by atoms with Crippen LogP contribution in [0, 0.1) is 12.8 Å². The summed E-state index contributed by atoms with van der Waals surface area (Å²) in [6, 6.07) is 9.51. The SMILES string of the molecule is Cc1ccccc1C1CCC2C=CCN1C2.Cl. The summed E-state index contributed by atoms with van der Waals surface area (Å²) in [6.07, 6.45) is 7.43. The van der Waals surface area contributed by atoms with E-state index in [4.69, 9.17) is 0 Å². The Morgan fingerprint density at radius 1 is 1.18 bits per heavy atom. The van der Waals surface area contributed by atoms with Gasteiger partial charge in [0.05, 0.1) is 0 Å². The van der Waals surface area contributed by atoms with Crippen molar-refractivity contribution in [2.45, 2.75) is 25.8 Å². The predicted octanol–water partition coefficient (Wildman–Crippen LogP) is 3.74. The zero-order chi connectivity index (χ0) is 11.0. The first-order valence-electron chi connectivity index (χ1n) is 6.31. The van der Waals surface area contributed by atoms with E-state index in [9.17, 15) is 0 Å². The Hall–Kier alpha value is -0.790. The van der Waals surface area contributed by atoms with Crippen molar-refractivity contribution in [1.82, 2.24) is 4.90 Å². The van der Waals surface area contributed by atoms with Gasteiger partial charge in [0.25, 0.3) is 0 Å². The first-order valence-corrected chi connectivity index (χ1v) is 6.31. The van der Waals surface area contributed by atoms with Gasteiger partial charge in [0.15, 0.2) is 0 Å². The van der Waals surface area contributed by atoms with Crippen molar-refractivity contribution in [3.05, 3.63) is 47.5 Å². The summed E-state index contributed by atoms with van der Waals surface area (Å²) in [6.45, 7) is 4.63. The summed E-state index contributed by atoms with van der Waals surface area (Å²) in [5.41, 5.74) is 2.98. The largest absolute Gasteiger partial charge is 0.292 e. The fraction of sp³-hybridized carbons (Fsp3) is 0.467. The molecule has 0 radical (unpaired) electrons. The van der Waals surface area contributed by atoms with Crippen LogP contribution >= 0.6 is 12.4 Å². The summed E-state index contributed by atoms with van der Waals surface area (Å²) in [4.78, 5) is 2.64. The summed E-state index contributed by atoms with van der Waals surface area (Å²) >= 11 is 0. The summed E-state index contributed by atoms with van der Waals surface area (Å²) in [5.74, 6) is 0.814. The lowest BCUT2D eigenvalue weighted by Gasteiger charge is -2.41. The smallest absolute Gasteiger partial charge is 0.0354 e. The van der Waals surface area contributed by atoms with Crippen LogP contribution < -0.4 is 0 Å². The van der Waals surface area contributed by atoms with Gasteiger partial charge >= 0.3 is 0 Å². The van der Waals surface area contributed by atoms with Crippen LogP contribution in [0.25, 0.3) is 0 Å². The minimum Gasteiger partial charge on any atom is -0.292 e. The van der Waals surface area contributed by atoms with E-state index < -0.39 is 0 Å². The molecule has 92 valence electrons. The molecule has 0 amide bonds. The maximum absolute atomic E-state index is 2.64. The molecule has 1 nitrogen and oxygen atoms in total. The monoisotopic (exact) mass is 249 g/mol. The molecule has 0 saturated carbocycles. The number of piperidine rings is 1. The molecule has 0 aromatic heterocycles. The Morgan fingerprint density at radius 2 is 2.00 bits per heavy atom. The second-order valence-corrected chi connectivity index (χ2v) is 5.09. The average Bonchev–Trinajstić information content (AvgIpc) is 2.31. The number of hydrogen-bond acceptors (Lipinski definition) is 1. The van der Waals surface area contributed by atoms with Gasteiger partial charge in [0.2, 0.25) is 0 Å². The molecule has 2 aliphatic heterocycles. The molecule has 17 heavy (non-hydrogen) atoms. The van der Waals surface area contributed by atoms with Gasteiger partial charge < -0.3 is 0 Å². The third-order valence-electron chi connectivity index (χ3n) is 4.02. The minimum absolute atomic E-state index is 0. The van der Waals surface area contributed by atoms with E-state index >= 15 is 0 Å². The van der Waals surface area contributed by atoms with Crippen LogP contribution in [0.1, 0.15) is 30.0 Å². The van der Waals surface area contributed by atoms with Crippen LogP contribution in [0.4, 0.5) is 0 Å². The summed E-state index contributed by atoms with van der Waals surface area (Å²) in [5, 5.41) is 0. The van der Waals surface area contributed by atoms with Gasteiger partial charge in [-0.3, -0.25) is 4.90 Å². The van der Waals surface area contributed by atoms with Gasteiger partial charge in [-0.15, -0.1) is 12.4 Å². The molecule has 1 aromatic rings. The van der Waals surface area contributed by atoms with Gasteiger partial charge in [0.1, 0.15) is 0 Å². The van der Waals surface area contributed by atoms with E-state index in [0.29, 0.717) is 6.04 Å². The number of halogens is 1. The number of benzene rings is 1. The van der Waals surface area contributed by atoms with E-state index in [0.717, 1.165) is 12.5 Å². The van der Waals surface area contributed by atoms with Crippen LogP contribution in [-0.4, -0.2) is 18.0 Å². The van der Waals surface area contributed by atoms with E-state index in [1.54, 1.807) is 0 Å². The highest BCUT2D eigenvalue weighted by atomic mass is 35.5. The molecule has 2 heterocycles. The highest BCUT2D eigenvalue weighted by Gasteiger charge is 2.30. The van der Waals surface area contributed by atoms with Crippen molar-refractivity contribution in [3.8, 4) is 0 Å². The fourth-order valence-corrected chi connectivity index (χ4v) is 3.13. The normalized spacial score (nSPS) is 30.8. The maximum Gasteiger partial charge on any atom is 0.0354 e. The second kappa shape index (κ2) is 5.24. The molecule has 2 heteroatoms. The molecule has 3 unspecified atom stereocenters. The molecule has 2 bridgehead atoms. The Bertz CT molecular complexity index is 413. The van der Waals surface area contributed by atoms with Gasteiger partial charge in [-0.2, -0.15) is 0 Å². The molecule has 0 aliphatic carbocycles. The van der Waals surface area contributed by atoms with Crippen molar-refractivity contribution in [1.29, 1.82) is 0 Å². The Morgan fingerprint density at radius 3 is 2.82 bits per heavy atom. The van der Waals surface area contributed by atoms with E-state index in [1.807, 2.05) is 0 Å². The minimum atomic E-state index is 0. The van der Waals surface area contributed by atoms with Crippen molar-refractivity contribution >= 4 is 12.4 Å². The van der Waals surface area contributed by atoms with Crippen LogP contribution in [0.2, 0.25) is 0 Å². The van der Waals surface area contributed by atoms with Crippen molar-refractivity contribution in [2.75, 3.05) is 13.1 Å². The predicted molar refractivity (Wildman–Crippen MR) is 74.6 cm³/mol. The second-order valence-electron chi connectivity index (χ2n) is 5.09. The number of fused-ring (bicyclic) bond motifs is 2. The van der Waals surface area contributed by atoms with E-state index in [2.05, 4.69) is 48.2 Å². The molecule has 1 fully saturated rings. The quantitative estimate of drug-likeness (QED) is 0.686. The van der Waals surface area contributed by atoms with Gasteiger partial charge in [-0.25, -0.2) is 0 Å². The first kappa shape index (κ1) is 12.7. The Balaban J connectivity index is 0.00000108. The summed E-state index contributed by atoms with van der Waals surface area (Å²) < 4.78 is 0. The van der Waals surface area contributed by atoms with Crippen LogP contribution in [0.3, 0.4) is 0 Å². The number of rotatable bonds is 1. The summed E-state index contributed by atoms with van der Waals surface area (Å²) in [7, 11) is 0. The highest BCUT2D eigenvalue weighted by Crippen LogP contribution is 2.36. The zero-order valence-electron chi connectivity index (χ0n) is 10.3. The molecule has 1 aromatic carbocycles. The lowest BCUT2D eigenvalue weighted by Crippen LogP contribution is -2.40. The number of hydrogen-bond donors (Lipinski definition) is 0. The van der Waals surface area contributed by atoms with Gasteiger partial charge in [0, 0.05) is 19.1 Å². The molecule has 2 aliphatic rings. The number of aryl methyl sites for hydroxylation is 1. The molecule has 0 spiro atoms. The third kappa shape index (κ3) is 2.41. The van der Waals surface area contributed by atoms with Crippen molar-refractivity contribution < 1.29 is 0 Å². The van der Waals surface area contributed by atoms with E-state index in [-0.39, 0.29) is 12.4 Å². The van der Waals surface area contributed by atoms with Crippen LogP contribution in [-0.2, 0) is 0 Å². The molecular weight excluding hydrogens is 230 g/mol.